The third kappa shape index (κ3) is 9.45. The molecule has 0 saturated heterocycles. The largest absolute Gasteiger partial charge is 0.396 e. The Morgan fingerprint density at radius 3 is 2.62 bits per heavy atom. The summed E-state index contributed by atoms with van der Waals surface area (Å²) in [6.45, 7) is 2.56. The second kappa shape index (κ2) is 9.15. The number of hydrogen-bond acceptors (Lipinski definition) is 3. The Bertz CT molecular complexity index is 219. The number of carbonyl (C=O) groups excluding carboxylic acids is 2. The lowest BCUT2D eigenvalue weighted by Gasteiger charge is -2.09. The van der Waals surface area contributed by atoms with Gasteiger partial charge in [0.15, 0.2) is 0 Å². The Balaban J connectivity index is 3.47. The van der Waals surface area contributed by atoms with Crippen LogP contribution in [0.2, 0.25) is 0 Å². The summed E-state index contributed by atoms with van der Waals surface area (Å²) in [6.07, 6.45) is 4.17. The summed E-state index contributed by atoms with van der Waals surface area (Å²) in [5.41, 5.74) is 5.01. The molecule has 0 heterocycles. The summed E-state index contributed by atoms with van der Waals surface area (Å²) < 4.78 is 0. The minimum atomic E-state index is -0.403. The SMILES string of the molecule is C[C@@H]([CH]C(=O)NCCCCCO)CC(N)=O. The highest BCUT2D eigenvalue weighted by Crippen LogP contribution is 2.04. The maximum atomic E-state index is 11.3. The second-order valence-electron chi connectivity index (χ2n) is 3.89. The highest BCUT2D eigenvalue weighted by Gasteiger charge is 2.11. The Labute approximate surface area is 96.4 Å². The molecule has 1 atom stereocenters. The molecule has 0 aromatic carbocycles. The molecule has 0 rings (SSSR count). The molecule has 0 fully saturated rings. The molecule has 0 bridgehead atoms. The van der Waals surface area contributed by atoms with E-state index in [9.17, 15) is 9.59 Å². The molecule has 1 radical (unpaired) electrons. The molecule has 0 saturated carbocycles. The lowest BCUT2D eigenvalue weighted by Crippen LogP contribution is -2.28. The molecular weight excluding hydrogens is 208 g/mol. The van der Waals surface area contributed by atoms with Crippen molar-refractivity contribution in [2.24, 2.45) is 11.7 Å². The number of nitrogens with two attached hydrogens (primary N) is 1. The lowest BCUT2D eigenvalue weighted by molar-refractivity contribution is -0.119. The van der Waals surface area contributed by atoms with E-state index in [4.69, 9.17) is 10.8 Å². The Kier molecular flexibility index (Phi) is 8.52. The third-order valence-electron chi connectivity index (χ3n) is 2.09. The van der Waals surface area contributed by atoms with Crippen LogP contribution in [0.3, 0.4) is 0 Å². The monoisotopic (exact) mass is 229 g/mol. The fourth-order valence-corrected chi connectivity index (χ4v) is 1.32. The molecular formula is C11H21N2O3. The number of aliphatic hydroxyl groups excluding tert-OH is 1. The quantitative estimate of drug-likeness (QED) is 0.485. The van der Waals surface area contributed by atoms with E-state index < -0.39 is 5.91 Å². The number of primary amides is 1. The number of rotatable bonds is 9. The molecule has 0 aromatic heterocycles. The van der Waals surface area contributed by atoms with Gasteiger partial charge in [0.05, 0.1) is 6.42 Å². The maximum Gasteiger partial charge on any atom is 0.224 e. The number of nitrogens with one attached hydrogen (secondary N) is 1. The van der Waals surface area contributed by atoms with E-state index in [1.807, 2.05) is 0 Å². The first-order valence-electron chi connectivity index (χ1n) is 5.58. The van der Waals surface area contributed by atoms with E-state index in [0.29, 0.717) is 6.54 Å². The van der Waals surface area contributed by atoms with Crippen LogP contribution in [0.15, 0.2) is 0 Å². The zero-order valence-corrected chi connectivity index (χ0v) is 9.74. The fourth-order valence-electron chi connectivity index (χ4n) is 1.32. The summed E-state index contributed by atoms with van der Waals surface area (Å²) in [4.78, 5) is 21.9. The molecule has 5 nitrogen and oxygen atoms in total. The van der Waals surface area contributed by atoms with Gasteiger partial charge in [-0.05, 0) is 25.2 Å². The van der Waals surface area contributed by atoms with Crippen molar-refractivity contribution >= 4 is 11.8 Å². The lowest BCUT2D eigenvalue weighted by atomic mass is 10.0. The van der Waals surface area contributed by atoms with Crippen molar-refractivity contribution in [2.45, 2.75) is 32.6 Å². The standard InChI is InChI=1S/C11H21N2O3/c1-9(7-10(12)15)8-11(16)13-5-3-2-4-6-14/h8-9,14H,2-7H2,1H3,(H2,12,15)(H,13,16)/t9-/m1/s1. The smallest absolute Gasteiger partial charge is 0.224 e. The van der Waals surface area contributed by atoms with Crippen LogP contribution in [0.1, 0.15) is 32.6 Å². The number of amides is 2. The van der Waals surface area contributed by atoms with E-state index >= 15 is 0 Å². The number of unbranched alkanes of at least 4 members (excludes halogenated alkanes) is 2. The molecule has 0 aliphatic carbocycles. The average molecular weight is 229 g/mol. The molecule has 4 N–H and O–H groups in total. The molecule has 0 spiro atoms. The first-order valence-corrected chi connectivity index (χ1v) is 5.58. The number of aliphatic hydroxyl groups is 1. The molecule has 0 aliphatic rings. The molecule has 0 aromatic rings. The van der Waals surface area contributed by atoms with Crippen molar-refractivity contribution in [2.75, 3.05) is 13.2 Å². The van der Waals surface area contributed by atoms with E-state index in [1.54, 1.807) is 6.92 Å². The van der Waals surface area contributed by atoms with Crippen molar-refractivity contribution in [3.05, 3.63) is 6.42 Å². The first-order chi connectivity index (χ1) is 7.56. The average Bonchev–Trinajstić information content (AvgIpc) is 2.15. The van der Waals surface area contributed by atoms with Crippen molar-refractivity contribution in [3.8, 4) is 0 Å². The Morgan fingerprint density at radius 1 is 1.38 bits per heavy atom. The van der Waals surface area contributed by atoms with Crippen molar-refractivity contribution < 1.29 is 14.7 Å². The van der Waals surface area contributed by atoms with Gasteiger partial charge in [-0.2, -0.15) is 0 Å². The number of carbonyl (C=O) groups is 2. The van der Waals surface area contributed by atoms with Crippen molar-refractivity contribution in [3.63, 3.8) is 0 Å². The highest BCUT2D eigenvalue weighted by atomic mass is 16.2. The molecule has 0 aliphatic heterocycles. The van der Waals surface area contributed by atoms with E-state index in [-0.39, 0.29) is 24.9 Å². The van der Waals surface area contributed by atoms with Gasteiger partial charge in [-0.15, -0.1) is 0 Å². The van der Waals surface area contributed by atoms with Gasteiger partial charge in [-0.3, -0.25) is 9.59 Å². The first kappa shape index (κ1) is 14.9. The van der Waals surface area contributed by atoms with E-state index in [0.717, 1.165) is 19.3 Å². The van der Waals surface area contributed by atoms with Gasteiger partial charge in [0, 0.05) is 19.6 Å². The molecule has 16 heavy (non-hydrogen) atoms. The van der Waals surface area contributed by atoms with Gasteiger partial charge in [0.25, 0.3) is 0 Å². The van der Waals surface area contributed by atoms with Crippen LogP contribution in [-0.4, -0.2) is 30.1 Å². The predicted molar refractivity (Wildman–Crippen MR) is 61.2 cm³/mol. The van der Waals surface area contributed by atoms with Gasteiger partial charge in [0.2, 0.25) is 11.8 Å². The summed E-state index contributed by atoms with van der Waals surface area (Å²) in [5, 5.41) is 11.3. The van der Waals surface area contributed by atoms with Gasteiger partial charge in [-0.25, -0.2) is 0 Å². The molecule has 0 unspecified atom stereocenters. The Morgan fingerprint density at radius 2 is 2.06 bits per heavy atom. The molecule has 5 heteroatoms. The molecule has 2 amide bonds. The number of hydrogen-bond donors (Lipinski definition) is 3. The van der Waals surface area contributed by atoms with E-state index in [1.165, 1.54) is 6.42 Å². The van der Waals surface area contributed by atoms with Crippen molar-refractivity contribution in [1.82, 2.24) is 5.32 Å². The third-order valence-corrected chi connectivity index (χ3v) is 2.09. The zero-order valence-electron chi connectivity index (χ0n) is 9.74. The van der Waals surface area contributed by atoms with E-state index in [2.05, 4.69) is 5.32 Å². The van der Waals surface area contributed by atoms with Crippen LogP contribution in [0.25, 0.3) is 0 Å². The van der Waals surface area contributed by atoms with Crippen LogP contribution in [-0.2, 0) is 9.59 Å². The van der Waals surface area contributed by atoms with Crippen LogP contribution in [0.4, 0.5) is 0 Å². The zero-order chi connectivity index (χ0) is 12.4. The van der Waals surface area contributed by atoms with Gasteiger partial charge in [0.1, 0.15) is 0 Å². The maximum absolute atomic E-state index is 11.3. The van der Waals surface area contributed by atoms with Crippen LogP contribution in [0.5, 0.6) is 0 Å². The van der Waals surface area contributed by atoms with Gasteiger partial charge >= 0.3 is 0 Å². The van der Waals surface area contributed by atoms with Crippen LogP contribution >= 0.6 is 0 Å². The highest BCUT2D eigenvalue weighted by molar-refractivity contribution is 5.86. The summed E-state index contributed by atoms with van der Waals surface area (Å²) in [7, 11) is 0. The normalized spacial score (nSPS) is 12.1. The summed E-state index contributed by atoms with van der Waals surface area (Å²) >= 11 is 0. The minimum absolute atomic E-state index is 0.130. The van der Waals surface area contributed by atoms with Gasteiger partial charge in [-0.1, -0.05) is 6.92 Å². The van der Waals surface area contributed by atoms with Crippen LogP contribution in [0, 0.1) is 12.3 Å². The van der Waals surface area contributed by atoms with Crippen LogP contribution < -0.4 is 11.1 Å². The predicted octanol–water partition coefficient (Wildman–Crippen LogP) is -0.0190. The second-order valence-corrected chi connectivity index (χ2v) is 3.89. The Hall–Kier alpha value is -1.10. The van der Waals surface area contributed by atoms with Crippen molar-refractivity contribution in [1.29, 1.82) is 0 Å². The molecule has 93 valence electrons. The minimum Gasteiger partial charge on any atom is -0.396 e. The fraction of sp³-hybridized carbons (Fsp3) is 0.727. The summed E-state index contributed by atoms with van der Waals surface area (Å²) in [5.74, 6) is -0.702. The topological polar surface area (TPSA) is 92.4 Å². The summed E-state index contributed by atoms with van der Waals surface area (Å²) in [6, 6.07) is 0. The van der Waals surface area contributed by atoms with Gasteiger partial charge < -0.3 is 16.2 Å².